The summed E-state index contributed by atoms with van der Waals surface area (Å²) in [6.45, 7) is 0. The van der Waals surface area contributed by atoms with E-state index in [9.17, 15) is 0 Å². The van der Waals surface area contributed by atoms with Crippen molar-refractivity contribution in [3.8, 4) is 17.8 Å². The van der Waals surface area contributed by atoms with Gasteiger partial charge in [0, 0.05) is 0 Å². The zero-order valence-electron chi connectivity index (χ0n) is 16.8. The minimum absolute atomic E-state index is 0.208. The zero-order valence-corrected chi connectivity index (χ0v) is 18.4. The summed E-state index contributed by atoms with van der Waals surface area (Å²) in [6, 6.07) is 0.409. The highest BCUT2D eigenvalue weighted by atomic mass is 79.9. The van der Waals surface area contributed by atoms with Gasteiger partial charge < -0.3 is 14.2 Å². The van der Waals surface area contributed by atoms with E-state index in [1.165, 1.54) is 57.8 Å². The summed E-state index contributed by atoms with van der Waals surface area (Å²) in [6.07, 6.45) is 18.4. The summed E-state index contributed by atoms with van der Waals surface area (Å²) in [7, 11) is 0. The molecule has 0 spiro atoms. The molecule has 0 amide bonds. The van der Waals surface area contributed by atoms with Crippen molar-refractivity contribution < 1.29 is 14.2 Å². The minimum Gasteiger partial charge on any atom is -0.473 e. The molecule has 4 rings (SSSR count). The van der Waals surface area contributed by atoms with Gasteiger partial charge in [-0.05, 0) is 93.0 Å². The van der Waals surface area contributed by atoms with Crippen molar-refractivity contribution in [2.45, 2.75) is 115 Å². The second-order valence-electron chi connectivity index (χ2n) is 8.56. The fourth-order valence-corrected chi connectivity index (χ4v) is 4.98. The van der Waals surface area contributed by atoms with Crippen molar-refractivity contribution in [3.63, 3.8) is 0 Å². The highest BCUT2D eigenvalue weighted by molar-refractivity contribution is 9.10. The lowest BCUT2D eigenvalue weighted by molar-refractivity contribution is 0.116. The molecule has 0 N–H and O–H groups in total. The second-order valence-corrected chi connectivity index (χ2v) is 9.36. The van der Waals surface area contributed by atoms with E-state index in [2.05, 4.69) is 25.9 Å². The van der Waals surface area contributed by atoms with Crippen LogP contribution in [0.25, 0.3) is 0 Å². The van der Waals surface area contributed by atoms with Gasteiger partial charge in [-0.3, -0.25) is 0 Å². The Labute approximate surface area is 177 Å². The molecule has 6 heteroatoms. The van der Waals surface area contributed by atoms with E-state index in [0.29, 0.717) is 17.8 Å². The Bertz CT molecular complexity index is 583. The minimum atomic E-state index is 0.208. The Morgan fingerprint density at radius 2 is 0.893 bits per heavy atom. The van der Waals surface area contributed by atoms with E-state index in [0.717, 1.165) is 43.0 Å². The Balaban J connectivity index is 1.53. The lowest BCUT2D eigenvalue weighted by atomic mass is 9.98. The molecule has 156 valence electrons. The lowest BCUT2D eigenvalue weighted by Crippen LogP contribution is -2.24. The molecule has 5 nitrogen and oxygen atoms in total. The highest BCUT2D eigenvalue weighted by Crippen LogP contribution is 2.37. The van der Waals surface area contributed by atoms with Crippen molar-refractivity contribution in [2.75, 3.05) is 0 Å². The maximum atomic E-state index is 6.29. The van der Waals surface area contributed by atoms with Gasteiger partial charge in [-0.2, -0.15) is 9.97 Å². The third kappa shape index (κ3) is 5.52. The third-order valence-electron chi connectivity index (χ3n) is 6.26. The molecule has 1 aromatic rings. The average Bonchev–Trinajstić information content (AvgIpc) is 2.74. The largest absolute Gasteiger partial charge is 0.473 e. The fourth-order valence-electron chi connectivity index (χ4n) is 4.61. The molecule has 0 aliphatic heterocycles. The molecule has 28 heavy (non-hydrogen) atoms. The van der Waals surface area contributed by atoms with E-state index in [-0.39, 0.29) is 18.3 Å². The Kier molecular flexibility index (Phi) is 7.32. The van der Waals surface area contributed by atoms with Crippen LogP contribution in [0, 0.1) is 0 Å². The molecule has 1 heterocycles. The maximum Gasteiger partial charge on any atom is 0.323 e. The van der Waals surface area contributed by atoms with Crippen LogP contribution in [0.5, 0.6) is 17.8 Å². The smallest absolute Gasteiger partial charge is 0.323 e. The molecule has 3 fully saturated rings. The van der Waals surface area contributed by atoms with Crippen molar-refractivity contribution in [3.05, 3.63) is 4.47 Å². The molecule has 3 aliphatic rings. The Morgan fingerprint density at radius 3 is 1.29 bits per heavy atom. The van der Waals surface area contributed by atoms with Crippen molar-refractivity contribution >= 4 is 15.9 Å². The van der Waals surface area contributed by atoms with Gasteiger partial charge in [0.1, 0.15) is 22.8 Å². The van der Waals surface area contributed by atoms with Crippen molar-refractivity contribution in [1.82, 2.24) is 9.97 Å². The normalized spacial score (nSPS) is 22.8. The van der Waals surface area contributed by atoms with Crippen LogP contribution in [-0.4, -0.2) is 28.3 Å². The van der Waals surface area contributed by atoms with Gasteiger partial charge in [0.2, 0.25) is 11.8 Å². The molecule has 1 aromatic heterocycles. The number of hydrogen-bond acceptors (Lipinski definition) is 5. The van der Waals surface area contributed by atoms with E-state index in [4.69, 9.17) is 14.2 Å². The van der Waals surface area contributed by atoms with Crippen LogP contribution in [0.4, 0.5) is 0 Å². The summed E-state index contributed by atoms with van der Waals surface area (Å²) in [5, 5.41) is 0. The van der Waals surface area contributed by atoms with Crippen molar-refractivity contribution in [1.29, 1.82) is 0 Å². The van der Waals surface area contributed by atoms with Gasteiger partial charge >= 0.3 is 6.01 Å². The first kappa shape index (κ1) is 20.2. The Hall–Kier alpha value is -1.04. The number of ether oxygens (including phenoxy) is 3. The van der Waals surface area contributed by atoms with E-state index in [1.807, 2.05) is 0 Å². The third-order valence-corrected chi connectivity index (χ3v) is 6.93. The van der Waals surface area contributed by atoms with Crippen LogP contribution in [0.15, 0.2) is 4.47 Å². The number of halogens is 1. The van der Waals surface area contributed by atoms with Gasteiger partial charge in [-0.1, -0.05) is 19.3 Å². The van der Waals surface area contributed by atoms with Crippen LogP contribution in [0.2, 0.25) is 0 Å². The molecule has 0 unspecified atom stereocenters. The fraction of sp³-hybridized carbons (Fsp3) is 0.818. The number of aromatic nitrogens is 2. The van der Waals surface area contributed by atoms with Gasteiger partial charge in [0.15, 0.2) is 0 Å². The average molecular weight is 453 g/mol. The maximum absolute atomic E-state index is 6.29. The van der Waals surface area contributed by atoms with Gasteiger partial charge in [-0.15, -0.1) is 0 Å². The molecule has 0 aromatic carbocycles. The lowest BCUT2D eigenvalue weighted by Gasteiger charge is -2.26. The number of hydrogen-bond donors (Lipinski definition) is 0. The van der Waals surface area contributed by atoms with Gasteiger partial charge in [0.25, 0.3) is 0 Å². The SMILES string of the molecule is Brc1c(OC2CCCCC2)nc(OC2CCCCC2)nc1OC1CCCCC1. The molecular formula is C22H33BrN2O3. The molecule has 0 atom stereocenters. The first-order valence-corrected chi connectivity index (χ1v) is 12.1. The predicted octanol–water partition coefficient (Wildman–Crippen LogP) is 6.37. The van der Waals surface area contributed by atoms with Crippen LogP contribution < -0.4 is 14.2 Å². The number of nitrogens with zero attached hydrogens (tertiary/aromatic N) is 2. The quantitative estimate of drug-likeness (QED) is 0.501. The molecule has 0 bridgehead atoms. The van der Waals surface area contributed by atoms with Crippen LogP contribution in [-0.2, 0) is 0 Å². The molecule has 0 radical (unpaired) electrons. The summed E-state index contributed by atoms with van der Waals surface area (Å²) >= 11 is 3.66. The van der Waals surface area contributed by atoms with E-state index < -0.39 is 0 Å². The second kappa shape index (κ2) is 10.1. The topological polar surface area (TPSA) is 53.5 Å². The highest BCUT2D eigenvalue weighted by Gasteiger charge is 2.25. The molecule has 0 saturated heterocycles. The van der Waals surface area contributed by atoms with Crippen LogP contribution in [0.1, 0.15) is 96.3 Å². The summed E-state index contributed by atoms with van der Waals surface area (Å²) < 4.78 is 19.5. The van der Waals surface area contributed by atoms with Crippen LogP contribution >= 0.6 is 15.9 Å². The summed E-state index contributed by atoms with van der Waals surface area (Å²) in [4.78, 5) is 9.26. The van der Waals surface area contributed by atoms with E-state index in [1.54, 1.807) is 0 Å². The predicted molar refractivity (Wildman–Crippen MR) is 112 cm³/mol. The monoisotopic (exact) mass is 452 g/mol. The standard InChI is InChI=1S/C22H33BrN2O3/c23-19-20(26-16-10-4-1-5-11-16)24-22(28-18-14-8-3-9-15-18)25-21(19)27-17-12-6-2-7-13-17/h16-18H,1-15H2. The van der Waals surface area contributed by atoms with Gasteiger partial charge in [0.05, 0.1) is 0 Å². The Morgan fingerprint density at radius 1 is 0.536 bits per heavy atom. The van der Waals surface area contributed by atoms with Gasteiger partial charge in [-0.25, -0.2) is 0 Å². The zero-order chi connectivity index (χ0) is 19.2. The first-order valence-electron chi connectivity index (χ1n) is 11.4. The first-order chi connectivity index (χ1) is 13.8. The van der Waals surface area contributed by atoms with Crippen LogP contribution in [0.3, 0.4) is 0 Å². The van der Waals surface area contributed by atoms with Crippen molar-refractivity contribution in [2.24, 2.45) is 0 Å². The number of rotatable bonds is 6. The molecule has 3 saturated carbocycles. The molecule has 3 aliphatic carbocycles. The van der Waals surface area contributed by atoms with E-state index >= 15 is 0 Å². The summed E-state index contributed by atoms with van der Waals surface area (Å²) in [5.74, 6) is 1.16. The molecular weight excluding hydrogens is 420 g/mol. The summed E-state index contributed by atoms with van der Waals surface area (Å²) in [5.41, 5.74) is 0.